The molecular formula is C45H48Cl2N4O8. The molecule has 0 spiro atoms. The van der Waals surface area contributed by atoms with E-state index in [4.69, 9.17) is 32.7 Å². The van der Waals surface area contributed by atoms with Crippen molar-refractivity contribution in [2.75, 3.05) is 54.5 Å². The molecular weight excluding hydrogens is 795 g/mol. The normalized spacial score (nSPS) is 15.1. The Morgan fingerprint density at radius 2 is 1.19 bits per heavy atom. The number of aliphatic carboxylic acids is 2. The Kier molecular flexibility index (Phi) is 13.1. The molecule has 2 aliphatic rings. The highest BCUT2D eigenvalue weighted by atomic mass is 35.5. The van der Waals surface area contributed by atoms with Crippen molar-refractivity contribution in [1.29, 1.82) is 0 Å². The molecule has 12 nitrogen and oxygen atoms in total. The van der Waals surface area contributed by atoms with Crippen molar-refractivity contribution >= 4 is 84.3 Å². The van der Waals surface area contributed by atoms with E-state index in [-0.39, 0.29) is 31.4 Å². The van der Waals surface area contributed by atoms with Crippen LogP contribution >= 0.6 is 23.2 Å². The van der Waals surface area contributed by atoms with Crippen LogP contribution in [0.1, 0.15) is 43.7 Å². The van der Waals surface area contributed by atoms with E-state index in [0.29, 0.717) is 71.1 Å². The molecule has 2 aromatic heterocycles. The summed E-state index contributed by atoms with van der Waals surface area (Å²) in [5, 5.41) is 21.5. The number of fused-ring (bicyclic) bond motifs is 4. The van der Waals surface area contributed by atoms with Gasteiger partial charge in [-0.3, -0.25) is 19.2 Å². The van der Waals surface area contributed by atoms with Crippen molar-refractivity contribution in [1.82, 2.24) is 18.9 Å². The molecule has 2 N–H and O–H groups in total. The smallest absolute Gasteiger partial charge is 0.323 e. The molecule has 4 heterocycles. The lowest BCUT2D eigenvalue weighted by Gasteiger charge is -2.29. The molecule has 8 rings (SSSR count). The van der Waals surface area contributed by atoms with Gasteiger partial charge in [0.15, 0.2) is 22.4 Å². The number of carboxylic acids is 2. The fourth-order valence-electron chi connectivity index (χ4n) is 8.25. The lowest BCUT2D eigenvalue weighted by molar-refractivity contribution is -0.138. The van der Waals surface area contributed by atoms with E-state index in [1.165, 1.54) is 19.8 Å². The molecule has 0 aliphatic carbocycles. The molecule has 0 atom stereocenters. The third-order valence-electron chi connectivity index (χ3n) is 11.3. The summed E-state index contributed by atoms with van der Waals surface area (Å²) >= 11 is 12.6. The summed E-state index contributed by atoms with van der Waals surface area (Å²) in [5.41, 5.74) is 4.96. The molecule has 59 heavy (non-hydrogen) atoms. The third-order valence-corrected chi connectivity index (χ3v) is 11.8. The zero-order valence-electron chi connectivity index (χ0n) is 32.7. The lowest BCUT2D eigenvalue weighted by Crippen LogP contribution is -2.29. The second-order valence-corrected chi connectivity index (χ2v) is 15.7. The Hall–Kier alpha value is -5.40. The van der Waals surface area contributed by atoms with Crippen LogP contribution in [0.15, 0.2) is 76.3 Å². The number of ether oxygens (including phenoxy) is 2. The molecule has 0 amide bonds. The van der Waals surface area contributed by atoms with E-state index in [0.717, 1.165) is 56.6 Å². The predicted octanol–water partition coefficient (Wildman–Crippen LogP) is 7.97. The lowest BCUT2D eigenvalue weighted by atomic mass is 9.89. The van der Waals surface area contributed by atoms with Gasteiger partial charge < -0.3 is 38.6 Å². The highest BCUT2D eigenvalue weighted by Crippen LogP contribution is 2.37. The maximum atomic E-state index is 13.2. The first-order chi connectivity index (χ1) is 27.8. The number of rotatable bonds is 8. The van der Waals surface area contributed by atoms with Crippen molar-refractivity contribution in [2.24, 2.45) is 0 Å². The van der Waals surface area contributed by atoms with Gasteiger partial charge in [-0.1, -0.05) is 48.8 Å². The number of methoxy groups -OCH3 is 2. The van der Waals surface area contributed by atoms with Crippen LogP contribution in [-0.4, -0.2) is 95.6 Å². The molecule has 1 fully saturated rings. The molecule has 310 valence electrons. The summed E-state index contributed by atoms with van der Waals surface area (Å²) < 4.78 is 14.1. The number of hydrogen-bond acceptors (Lipinski definition) is 8. The van der Waals surface area contributed by atoms with Crippen LogP contribution < -0.4 is 20.3 Å². The van der Waals surface area contributed by atoms with Crippen LogP contribution in [0, 0.1) is 0 Å². The fourth-order valence-corrected chi connectivity index (χ4v) is 8.71. The van der Waals surface area contributed by atoms with Crippen LogP contribution in [0.4, 0.5) is 0 Å². The van der Waals surface area contributed by atoms with Gasteiger partial charge in [0.25, 0.3) is 0 Å². The minimum atomic E-state index is -1.01. The number of halogens is 2. The van der Waals surface area contributed by atoms with E-state index in [1.807, 2.05) is 30.3 Å². The molecule has 0 bridgehead atoms. The predicted molar refractivity (Wildman–Crippen MR) is 236 cm³/mol. The van der Waals surface area contributed by atoms with Gasteiger partial charge in [0.2, 0.25) is 0 Å². The Bertz CT molecular complexity index is 2770. The first kappa shape index (κ1) is 43.2. The van der Waals surface area contributed by atoms with E-state index in [2.05, 4.69) is 30.0 Å². The van der Waals surface area contributed by atoms with Crippen LogP contribution in [0.3, 0.4) is 0 Å². The molecule has 1 saturated heterocycles. The van der Waals surface area contributed by atoms with Gasteiger partial charge in [-0.2, -0.15) is 0 Å². The second-order valence-electron chi connectivity index (χ2n) is 14.9. The summed E-state index contributed by atoms with van der Waals surface area (Å²) in [7, 11) is 7.11. The van der Waals surface area contributed by atoms with Gasteiger partial charge in [-0.15, -0.1) is 0 Å². The third kappa shape index (κ3) is 8.40. The van der Waals surface area contributed by atoms with Gasteiger partial charge in [-0.25, -0.2) is 0 Å². The summed E-state index contributed by atoms with van der Waals surface area (Å²) in [6.07, 6.45) is 5.14. The van der Waals surface area contributed by atoms with E-state index in [9.17, 15) is 29.4 Å². The topological polar surface area (TPSA) is 144 Å². The van der Waals surface area contributed by atoms with Crippen molar-refractivity contribution in [3.05, 3.63) is 108 Å². The van der Waals surface area contributed by atoms with Crippen molar-refractivity contribution in [3.8, 4) is 11.5 Å². The number of likely N-dealkylation sites (tertiary alicyclic amines) is 1. The molecule has 6 aromatic rings. The zero-order chi connectivity index (χ0) is 41.4. The molecule has 14 heteroatoms. The highest BCUT2D eigenvalue weighted by molar-refractivity contribution is 6.33. The fraction of sp³-hybridized carbons (Fsp3) is 0.333. The molecule has 0 radical (unpaired) electrons. The van der Waals surface area contributed by atoms with E-state index >= 15 is 0 Å². The van der Waals surface area contributed by atoms with Gasteiger partial charge >= 0.3 is 11.9 Å². The average Bonchev–Trinajstić information content (AvgIpc) is 3.21. The summed E-state index contributed by atoms with van der Waals surface area (Å²) in [5.74, 6) is -1.01. The number of carboxylic acid groups (broad SMARTS) is 2. The highest BCUT2D eigenvalue weighted by Gasteiger charge is 2.23. The molecule has 0 unspecified atom stereocenters. The molecule has 2 aliphatic heterocycles. The number of benzene rings is 4. The first-order valence-corrected chi connectivity index (χ1v) is 19.7. The maximum absolute atomic E-state index is 13.2. The van der Waals surface area contributed by atoms with Gasteiger partial charge in [0.05, 0.1) is 57.1 Å². The van der Waals surface area contributed by atoms with Gasteiger partial charge in [0.1, 0.15) is 13.1 Å². The maximum Gasteiger partial charge on any atom is 0.323 e. The minimum absolute atomic E-state index is 0. The van der Waals surface area contributed by atoms with Crippen LogP contribution in [0.2, 0.25) is 10.0 Å². The van der Waals surface area contributed by atoms with Crippen LogP contribution in [0.25, 0.3) is 49.2 Å². The Labute approximate surface area is 351 Å². The van der Waals surface area contributed by atoms with Crippen molar-refractivity contribution < 1.29 is 29.3 Å². The monoisotopic (exact) mass is 842 g/mol. The quantitative estimate of drug-likeness (QED) is 0.145. The Morgan fingerprint density at radius 1 is 0.695 bits per heavy atom. The largest absolute Gasteiger partial charge is 0.493 e. The molecule has 0 saturated carbocycles. The van der Waals surface area contributed by atoms with Crippen molar-refractivity contribution in [3.63, 3.8) is 0 Å². The number of likely N-dealkylation sites (N-methyl/N-ethyl adjacent to an activating group) is 1. The summed E-state index contributed by atoms with van der Waals surface area (Å²) in [6, 6.07) is 17.9. The summed E-state index contributed by atoms with van der Waals surface area (Å²) in [6.45, 7) is 3.25. The van der Waals surface area contributed by atoms with Gasteiger partial charge in [-0.05, 0) is 118 Å². The molecule has 4 aromatic carbocycles. The standard InChI is InChI=1S/C22H23ClN2O4.C22H21ClN2O4.CH4/c2*1-24-9-7-13(8-10-24)14-3-4-15-18(11-14)25(12-19(26)27)20-16(21(15)28)5-6-17(23)22(20)29-2;/h3-6,11,13H,7-10,12H2,1-2H3,(H,26,27);3-7,11H,8-10,12H2,1-2H3,(H,26,27);1H4. The number of aromatic nitrogens is 2. The number of carbonyl (C=O) groups is 2. The first-order valence-electron chi connectivity index (χ1n) is 19.0. The number of pyridine rings is 2. The Morgan fingerprint density at radius 3 is 1.66 bits per heavy atom. The van der Waals surface area contributed by atoms with E-state index < -0.39 is 11.9 Å². The average molecular weight is 844 g/mol. The Balaban J connectivity index is 0.000000195. The van der Waals surface area contributed by atoms with Crippen LogP contribution in [0.5, 0.6) is 11.5 Å². The number of hydrogen-bond donors (Lipinski definition) is 2. The zero-order valence-corrected chi connectivity index (χ0v) is 34.2. The van der Waals surface area contributed by atoms with Crippen LogP contribution in [-0.2, 0) is 22.7 Å². The van der Waals surface area contributed by atoms with E-state index in [1.54, 1.807) is 39.5 Å². The number of nitrogens with zero attached hydrogens (tertiary/aromatic N) is 4. The second kappa shape index (κ2) is 17.8. The number of piperidine rings is 1. The van der Waals surface area contributed by atoms with Gasteiger partial charge in [0, 0.05) is 23.9 Å². The van der Waals surface area contributed by atoms with Crippen molar-refractivity contribution in [2.45, 2.75) is 45.7 Å². The summed E-state index contributed by atoms with van der Waals surface area (Å²) in [4.78, 5) is 54.2. The minimum Gasteiger partial charge on any atom is -0.493 e. The SMILES string of the molecule is C.COc1c(Cl)ccc2c(=O)c3ccc(C4=CCN(C)CC4)cc3n(CC(=O)O)c12.COc1c(Cl)ccc2c(=O)c3ccc(C4CCN(C)CC4)cc3n(CC(=O)O)c12.